The van der Waals surface area contributed by atoms with Crippen molar-refractivity contribution in [3.05, 3.63) is 61.2 Å². The van der Waals surface area contributed by atoms with Crippen LogP contribution in [0.25, 0.3) is 0 Å². The SMILES string of the molecule is O=C(NC(NC(=S)Nc1ccc(I)cc1)C(Cl)(Cl)Cl)c1ccccc1I. The Balaban J connectivity index is 2.07. The van der Waals surface area contributed by atoms with Gasteiger partial charge in [-0.05, 0) is 93.8 Å². The van der Waals surface area contributed by atoms with Crippen LogP contribution in [-0.4, -0.2) is 21.0 Å². The molecule has 0 saturated heterocycles. The predicted octanol–water partition coefficient (Wildman–Crippen LogP) is 5.31. The molecule has 2 aromatic carbocycles. The topological polar surface area (TPSA) is 53.2 Å². The largest absolute Gasteiger partial charge is 0.339 e. The van der Waals surface area contributed by atoms with Crippen molar-refractivity contribution in [2.75, 3.05) is 5.32 Å². The summed E-state index contributed by atoms with van der Waals surface area (Å²) in [4.78, 5) is 12.5. The molecule has 0 aliphatic heterocycles. The first-order valence-corrected chi connectivity index (χ1v) is 10.8. The Morgan fingerprint density at radius 1 is 1.00 bits per heavy atom. The molecule has 10 heteroatoms. The van der Waals surface area contributed by atoms with Crippen LogP contribution in [0, 0.1) is 7.14 Å². The lowest BCUT2D eigenvalue weighted by Gasteiger charge is -2.28. The highest BCUT2D eigenvalue weighted by atomic mass is 127. The number of thiocarbonyl (C=S) groups is 1. The lowest BCUT2D eigenvalue weighted by Crippen LogP contribution is -2.56. The number of hydrogen-bond acceptors (Lipinski definition) is 2. The fraction of sp³-hybridized carbons (Fsp3) is 0.125. The van der Waals surface area contributed by atoms with E-state index in [1.54, 1.807) is 12.1 Å². The van der Waals surface area contributed by atoms with E-state index in [4.69, 9.17) is 47.0 Å². The van der Waals surface area contributed by atoms with Gasteiger partial charge in [-0.2, -0.15) is 0 Å². The van der Waals surface area contributed by atoms with Crippen LogP contribution in [0.1, 0.15) is 10.4 Å². The summed E-state index contributed by atoms with van der Waals surface area (Å²) >= 11 is 27.5. The minimum absolute atomic E-state index is 0.214. The average Bonchev–Trinajstić information content (AvgIpc) is 2.56. The summed E-state index contributed by atoms with van der Waals surface area (Å²) < 4.78 is 0.0643. The zero-order valence-corrected chi connectivity index (χ0v) is 20.3. The second kappa shape index (κ2) is 9.92. The second-order valence-electron chi connectivity index (χ2n) is 5.03. The first-order chi connectivity index (χ1) is 12.2. The molecule has 4 nitrogen and oxygen atoms in total. The summed E-state index contributed by atoms with van der Waals surface area (Å²) in [7, 11) is 0. The van der Waals surface area contributed by atoms with E-state index >= 15 is 0 Å². The van der Waals surface area contributed by atoms with Crippen LogP contribution in [-0.2, 0) is 0 Å². The highest BCUT2D eigenvalue weighted by molar-refractivity contribution is 14.1. The van der Waals surface area contributed by atoms with Gasteiger partial charge >= 0.3 is 0 Å². The molecule has 138 valence electrons. The lowest BCUT2D eigenvalue weighted by atomic mass is 10.2. The third kappa shape index (κ3) is 6.83. The van der Waals surface area contributed by atoms with Gasteiger partial charge in [0.05, 0.1) is 5.56 Å². The highest BCUT2D eigenvalue weighted by Gasteiger charge is 2.35. The molecular formula is C16H12Cl3I2N3OS. The minimum atomic E-state index is -1.81. The molecule has 0 radical (unpaired) electrons. The highest BCUT2D eigenvalue weighted by Crippen LogP contribution is 2.29. The van der Waals surface area contributed by atoms with Crippen LogP contribution in [0.3, 0.4) is 0 Å². The van der Waals surface area contributed by atoms with Gasteiger partial charge in [0.2, 0.25) is 3.79 Å². The Kier molecular flexibility index (Phi) is 8.48. The maximum Gasteiger partial charge on any atom is 0.254 e. The van der Waals surface area contributed by atoms with Gasteiger partial charge in [0.15, 0.2) is 5.11 Å². The molecule has 1 atom stereocenters. The van der Waals surface area contributed by atoms with Crippen molar-refractivity contribution < 1.29 is 4.79 Å². The van der Waals surface area contributed by atoms with E-state index in [1.807, 2.05) is 36.4 Å². The summed E-state index contributed by atoms with van der Waals surface area (Å²) in [5.74, 6) is -0.379. The molecule has 1 amide bonds. The normalized spacial score (nSPS) is 12.2. The third-order valence-corrected chi connectivity index (χ3v) is 5.63. The monoisotopic (exact) mass is 653 g/mol. The van der Waals surface area contributed by atoms with E-state index < -0.39 is 9.96 Å². The van der Waals surface area contributed by atoms with Gasteiger partial charge in [-0.1, -0.05) is 46.9 Å². The minimum Gasteiger partial charge on any atom is -0.339 e. The molecule has 0 spiro atoms. The first kappa shape index (κ1) is 22.2. The number of amides is 1. The number of anilines is 1. The summed E-state index contributed by atoms with van der Waals surface area (Å²) in [5.41, 5.74) is 1.25. The van der Waals surface area contributed by atoms with Gasteiger partial charge in [-0.15, -0.1) is 0 Å². The summed E-state index contributed by atoms with van der Waals surface area (Å²) in [6, 6.07) is 14.7. The summed E-state index contributed by atoms with van der Waals surface area (Å²) in [6.07, 6.45) is -1.03. The number of carbonyl (C=O) groups excluding carboxylic acids is 1. The molecule has 2 aromatic rings. The molecular weight excluding hydrogens is 642 g/mol. The molecule has 3 N–H and O–H groups in total. The molecule has 2 rings (SSSR count). The molecule has 0 aromatic heterocycles. The Hall–Kier alpha value is -0.0700. The Labute approximate surface area is 199 Å². The van der Waals surface area contributed by atoms with E-state index in [2.05, 4.69) is 61.1 Å². The van der Waals surface area contributed by atoms with Crippen LogP contribution < -0.4 is 16.0 Å². The van der Waals surface area contributed by atoms with Gasteiger partial charge in [0.1, 0.15) is 6.17 Å². The van der Waals surface area contributed by atoms with E-state index in [0.717, 1.165) is 12.8 Å². The summed E-state index contributed by atoms with van der Waals surface area (Å²) in [5, 5.41) is 8.69. The van der Waals surface area contributed by atoms with Crippen molar-refractivity contribution in [3.63, 3.8) is 0 Å². The smallest absolute Gasteiger partial charge is 0.254 e. The second-order valence-corrected chi connectivity index (χ2v) is 10.2. The van der Waals surface area contributed by atoms with Crippen molar-refractivity contribution in [1.29, 1.82) is 0 Å². The van der Waals surface area contributed by atoms with Gasteiger partial charge in [-0.3, -0.25) is 4.79 Å². The van der Waals surface area contributed by atoms with Gasteiger partial charge in [0.25, 0.3) is 5.91 Å². The Bertz CT molecular complexity index is 800. The van der Waals surface area contributed by atoms with E-state index in [1.165, 1.54) is 0 Å². The van der Waals surface area contributed by atoms with E-state index in [9.17, 15) is 4.79 Å². The van der Waals surface area contributed by atoms with Crippen LogP contribution in [0.15, 0.2) is 48.5 Å². The number of hydrogen-bond donors (Lipinski definition) is 3. The molecule has 1 unspecified atom stereocenters. The van der Waals surface area contributed by atoms with Crippen molar-refractivity contribution >= 4 is 109 Å². The third-order valence-electron chi connectivity index (χ3n) is 3.10. The van der Waals surface area contributed by atoms with Crippen molar-refractivity contribution in [2.45, 2.75) is 9.96 Å². The molecule has 0 bridgehead atoms. The average molecular weight is 655 g/mol. The number of carbonyl (C=O) groups is 1. The number of benzene rings is 2. The molecule has 26 heavy (non-hydrogen) atoms. The standard InChI is InChI=1S/C16H12Cl3I2N3OS/c17-16(18,19)14(23-13(25)11-3-1-2-4-12(11)21)24-15(26)22-10-7-5-9(20)6-8-10/h1-8,14H,(H,23,25)(H2,22,24,26). The molecule has 0 fully saturated rings. The first-order valence-electron chi connectivity index (χ1n) is 7.12. The number of alkyl halides is 3. The van der Waals surface area contributed by atoms with Crippen molar-refractivity contribution in [1.82, 2.24) is 10.6 Å². The van der Waals surface area contributed by atoms with Crippen LogP contribution >= 0.6 is 92.2 Å². The van der Waals surface area contributed by atoms with Crippen LogP contribution in [0.4, 0.5) is 5.69 Å². The Morgan fingerprint density at radius 2 is 1.62 bits per heavy atom. The number of rotatable bonds is 4. The van der Waals surface area contributed by atoms with Crippen LogP contribution in [0.5, 0.6) is 0 Å². The fourth-order valence-corrected chi connectivity index (χ4v) is 3.44. The maximum absolute atomic E-state index is 12.5. The van der Waals surface area contributed by atoms with Gasteiger partial charge in [-0.25, -0.2) is 0 Å². The maximum atomic E-state index is 12.5. The molecule has 0 heterocycles. The molecule has 0 saturated carbocycles. The molecule has 0 aliphatic rings. The lowest BCUT2D eigenvalue weighted by molar-refractivity contribution is 0.0933. The predicted molar refractivity (Wildman–Crippen MR) is 129 cm³/mol. The Morgan fingerprint density at radius 3 is 2.19 bits per heavy atom. The van der Waals surface area contributed by atoms with Crippen LogP contribution in [0.2, 0.25) is 0 Å². The van der Waals surface area contributed by atoms with Crippen molar-refractivity contribution in [3.8, 4) is 0 Å². The fourth-order valence-electron chi connectivity index (χ4n) is 1.89. The molecule has 0 aliphatic carbocycles. The van der Waals surface area contributed by atoms with Crippen molar-refractivity contribution in [2.24, 2.45) is 0 Å². The number of nitrogens with one attached hydrogen (secondary N) is 3. The number of halogens is 5. The van der Waals surface area contributed by atoms with E-state index in [-0.39, 0.29) is 11.0 Å². The van der Waals surface area contributed by atoms with Gasteiger partial charge < -0.3 is 16.0 Å². The zero-order valence-electron chi connectivity index (χ0n) is 12.9. The van der Waals surface area contributed by atoms with Gasteiger partial charge in [0, 0.05) is 12.8 Å². The zero-order chi connectivity index (χ0) is 19.3. The summed E-state index contributed by atoms with van der Waals surface area (Å²) in [6.45, 7) is 0. The van der Waals surface area contributed by atoms with E-state index in [0.29, 0.717) is 5.56 Å². The quantitative estimate of drug-likeness (QED) is 0.181.